The maximum absolute atomic E-state index is 14.9. The lowest BCUT2D eigenvalue weighted by Gasteiger charge is -2.13. The van der Waals surface area contributed by atoms with Crippen LogP contribution in [-0.4, -0.2) is 11.9 Å². The van der Waals surface area contributed by atoms with E-state index in [1.807, 2.05) is 0 Å². The van der Waals surface area contributed by atoms with Gasteiger partial charge in [-0.2, -0.15) is 0 Å². The summed E-state index contributed by atoms with van der Waals surface area (Å²) in [6.45, 7) is 0. The summed E-state index contributed by atoms with van der Waals surface area (Å²) in [4.78, 5) is 24.7. The van der Waals surface area contributed by atoms with E-state index in [9.17, 15) is 62.3 Å². The Morgan fingerprint density at radius 3 is 1.07 bits per heavy atom. The molecule has 226 valence electrons. The topological polar surface area (TPSA) is 52.6 Å². The molecule has 0 heterocycles. The molecule has 0 saturated heterocycles. The molecule has 0 amide bonds. The van der Waals surface area contributed by atoms with Gasteiger partial charge in [-0.15, -0.1) is 0 Å². The minimum atomic E-state index is -2.39. The van der Waals surface area contributed by atoms with Gasteiger partial charge in [-0.3, -0.25) is 0 Å². The molecule has 0 aromatic heterocycles. The molecule has 4 nitrogen and oxygen atoms in total. The Kier molecular flexibility index (Phi) is 7.39. The second kappa shape index (κ2) is 10.8. The van der Waals surface area contributed by atoms with Crippen molar-refractivity contribution in [1.29, 1.82) is 0 Å². The summed E-state index contributed by atoms with van der Waals surface area (Å²) >= 11 is 0. The predicted molar refractivity (Wildman–Crippen MR) is 124 cm³/mol. The number of fused-ring (bicyclic) bond motifs is 3. The van der Waals surface area contributed by atoms with E-state index < -0.39 is 126 Å². The number of hydrogen-bond donors (Lipinski definition) is 0. The Hall–Kier alpha value is -5.28. The lowest BCUT2D eigenvalue weighted by molar-refractivity contribution is 0.0717. The zero-order valence-corrected chi connectivity index (χ0v) is 20.6. The molecule has 5 aromatic rings. The van der Waals surface area contributed by atoms with Crippen LogP contribution >= 0.6 is 0 Å². The van der Waals surface area contributed by atoms with Crippen molar-refractivity contribution >= 4 is 33.5 Å². The zero-order chi connectivity index (χ0) is 32.4. The van der Waals surface area contributed by atoms with Gasteiger partial charge in [0.05, 0.1) is 10.8 Å². The molecule has 0 radical (unpaired) electrons. The average molecular weight is 634 g/mol. The fraction of sp³-hybridized carbons (Fsp3) is 0. The van der Waals surface area contributed by atoms with Crippen LogP contribution in [0.15, 0.2) is 36.4 Å². The molecular weight excluding hydrogens is 628 g/mol. The van der Waals surface area contributed by atoms with Gasteiger partial charge >= 0.3 is 11.9 Å². The molecule has 5 aromatic carbocycles. The quantitative estimate of drug-likeness (QED) is 0.0501. The first-order valence-electron chi connectivity index (χ1n) is 11.5. The largest absolute Gasteiger partial charge is 0.423 e. The highest BCUT2D eigenvalue weighted by Gasteiger charge is 2.28. The highest BCUT2D eigenvalue weighted by Crippen LogP contribution is 2.39. The molecule has 16 heteroatoms. The molecule has 0 unspecified atom stereocenters. The third kappa shape index (κ3) is 4.81. The van der Waals surface area contributed by atoms with Gasteiger partial charge in [0.1, 0.15) is 34.3 Å². The number of ether oxygens (including phenoxy) is 2. The Bertz CT molecular complexity index is 1950. The minimum Gasteiger partial charge on any atom is -0.423 e. The lowest BCUT2D eigenvalue weighted by atomic mass is 9.99. The number of esters is 2. The first kappa shape index (κ1) is 30.2. The van der Waals surface area contributed by atoms with E-state index in [2.05, 4.69) is 9.47 Å². The van der Waals surface area contributed by atoms with Gasteiger partial charge in [-0.05, 0) is 35.0 Å². The molecule has 0 saturated carbocycles. The van der Waals surface area contributed by atoms with Gasteiger partial charge in [-0.25, -0.2) is 62.3 Å². The molecule has 0 atom stereocenters. The molecule has 0 N–H and O–H groups in total. The fourth-order valence-electron chi connectivity index (χ4n) is 4.14. The molecule has 0 aliphatic rings. The second-order valence-corrected chi connectivity index (χ2v) is 8.76. The minimum absolute atomic E-state index is 0.0877. The summed E-state index contributed by atoms with van der Waals surface area (Å²) in [5.74, 6) is -30.9. The van der Waals surface area contributed by atoms with E-state index in [4.69, 9.17) is 0 Å². The van der Waals surface area contributed by atoms with Gasteiger partial charge in [0.25, 0.3) is 0 Å². The van der Waals surface area contributed by atoms with Crippen LogP contribution in [0, 0.1) is 69.8 Å². The van der Waals surface area contributed by atoms with Gasteiger partial charge < -0.3 is 9.47 Å². The van der Waals surface area contributed by atoms with E-state index in [-0.39, 0.29) is 24.3 Å². The van der Waals surface area contributed by atoms with Crippen LogP contribution in [0.2, 0.25) is 0 Å². The van der Waals surface area contributed by atoms with Crippen molar-refractivity contribution in [3.63, 3.8) is 0 Å². The third-order valence-corrected chi connectivity index (χ3v) is 6.12. The summed E-state index contributed by atoms with van der Waals surface area (Å²) in [7, 11) is 0. The van der Waals surface area contributed by atoms with Crippen LogP contribution in [0.5, 0.6) is 11.5 Å². The van der Waals surface area contributed by atoms with Crippen LogP contribution < -0.4 is 9.47 Å². The molecule has 0 fully saturated rings. The molecule has 5 rings (SSSR count). The molecule has 0 spiro atoms. The number of rotatable bonds is 4. The van der Waals surface area contributed by atoms with Gasteiger partial charge in [-0.1, -0.05) is 0 Å². The third-order valence-electron chi connectivity index (χ3n) is 6.12. The van der Waals surface area contributed by atoms with E-state index in [1.54, 1.807) is 0 Å². The first-order chi connectivity index (χ1) is 20.6. The van der Waals surface area contributed by atoms with Gasteiger partial charge in [0, 0.05) is 12.1 Å². The zero-order valence-electron chi connectivity index (χ0n) is 20.6. The second-order valence-electron chi connectivity index (χ2n) is 8.76. The number of benzene rings is 5. The van der Waals surface area contributed by atoms with E-state index in [1.165, 1.54) is 0 Å². The van der Waals surface area contributed by atoms with E-state index in [0.29, 0.717) is 12.1 Å². The van der Waals surface area contributed by atoms with Crippen molar-refractivity contribution in [2.24, 2.45) is 0 Å². The molecule has 0 aliphatic heterocycles. The highest BCUT2D eigenvalue weighted by molar-refractivity contribution is 6.10. The van der Waals surface area contributed by atoms with Gasteiger partial charge in [0.15, 0.2) is 58.2 Å². The molecule has 0 bridgehead atoms. The van der Waals surface area contributed by atoms with Crippen molar-refractivity contribution in [2.45, 2.75) is 0 Å². The normalized spacial score (nSPS) is 11.4. The fourth-order valence-corrected chi connectivity index (χ4v) is 4.14. The first-order valence-corrected chi connectivity index (χ1v) is 11.5. The maximum atomic E-state index is 14.9. The van der Waals surface area contributed by atoms with Gasteiger partial charge in [0.2, 0.25) is 0 Å². The predicted octanol–water partition coefficient (Wildman–Crippen LogP) is 8.10. The van der Waals surface area contributed by atoms with E-state index in [0.717, 1.165) is 0 Å². The lowest BCUT2D eigenvalue weighted by Crippen LogP contribution is -2.14. The van der Waals surface area contributed by atoms with Crippen molar-refractivity contribution in [3.05, 3.63) is 117 Å². The summed E-state index contributed by atoms with van der Waals surface area (Å²) in [5.41, 5.74) is -3.00. The average Bonchev–Trinajstić information content (AvgIpc) is 2.96. The molecule has 44 heavy (non-hydrogen) atoms. The van der Waals surface area contributed by atoms with Crippen LogP contribution in [0.3, 0.4) is 0 Å². The molecular formula is C28H6F12O4. The van der Waals surface area contributed by atoms with Crippen LogP contribution in [0.1, 0.15) is 20.7 Å². The Labute approximate surface area is 234 Å². The maximum Gasteiger partial charge on any atom is 0.346 e. The Morgan fingerprint density at radius 2 is 0.727 bits per heavy atom. The monoisotopic (exact) mass is 634 g/mol. The summed E-state index contributed by atoms with van der Waals surface area (Å²) in [5, 5.41) is -4.06. The van der Waals surface area contributed by atoms with Crippen molar-refractivity contribution < 1.29 is 71.7 Å². The van der Waals surface area contributed by atoms with Crippen molar-refractivity contribution in [2.75, 3.05) is 0 Å². The van der Waals surface area contributed by atoms with Crippen LogP contribution in [0.25, 0.3) is 21.5 Å². The molecule has 0 aliphatic carbocycles. The Morgan fingerprint density at radius 1 is 0.386 bits per heavy atom. The number of hydrogen-bond acceptors (Lipinski definition) is 4. The van der Waals surface area contributed by atoms with Crippen molar-refractivity contribution in [3.8, 4) is 11.5 Å². The summed E-state index contributed by atoms with van der Waals surface area (Å²) in [6, 6.07) is 1.40. The highest BCUT2D eigenvalue weighted by atomic mass is 19.2. The summed E-state index contributed by atoms with van der Waals surface area (Å²) in [6.07, 6.45) is 0. The number of carbonyl (C=O) groups excluding carboxylic acids is 2. The van der Waals surface area contributed by atoms with E-state index >= 15 is 0 Å². The SMILES string of the molecule is O=C(Oc1cc(F)c2c(F)c(F)c3c(F)cc(OC(=O)c4cc(F)c(F)c(F)c4F)cc3c2c1)c1cc(F)c(F)c(F)c1F. The Balaban J connectivity index is 1.64. The smallest absolute Gasteiger partial charge is 0.346 e. The number of carbonyl (C=O) groups is 2. The standard InChI is InChI=1S/C28H6F12O4/c29-13-3-7(43-27(41)11-5-15(31)21(35)25(39)19(11)33)1-9-10-2-8(4-14(30)18(10)24(38)23(37)17(9)13)44-28(42)12-6-16(32)22(36)26(40)20(12)34/h1-6H. The van der Waals surface area contributed by atoms with Crippen LogP contribution in [-0.2, 0) is 0 Å². The van der Waals surface area contributed by atoms with Crippen molar-refractivity contribution in [1.82, 2.24) is 0 Å². The van der Waals surface area contributed by atoms with Crippen LogP contribution in [0.4, 0.5) is 52.7 Å². The summed E-state index contributed by atoms with van der Waals surface area (Å²) < 4.78 is 177. The number of halogens is 12.